The minimum absolute atomic E-state index is 0.0339. The highest BCUT2D eigenvalue weighted by Crippen LogP contribution is 2.36. The number of nitrogen functional groups attached to an aromatic ring is 1. The molecule has 1 heterocycles. The van der Waals surface area contributed by atoms with Crippen LogP contribution in [0.25, 0.3) is 0 Å². The average molecular weight is 303 g/mol. The van der Waals surface area contributed by atoms with E-state index in [1.165, 1.54) is 0 Å². The van der Waals surface area contributed by atoms with Crippen molar-refractivity contribution in [3.63, 3.8) is 0 Å². The van der Waals surface area contributed by atoms with Crippen LogP contribution in [0.4, 0.5) is 11.4 Å². The van der Waals surface area contributed by atoms with Crippen molar-refractivity contribution >= 4 is 23.1 Å². The zero-order chi connectivity index (χ0) is 16.3. The molecule has 0 fully saturated rings. The third-order valence-electron chi connectivity index (χ3n) is 3.58. The van der Waals surface area contributed by atoms with Gasteiger partial charge in [-0.05, 0) is 19.1 Å². The van der Waals surface area contributed by atoms with Crippen LogP contribution >= 0.6 is 0 Å². The number of nitrogens with one attached hydrogen (secondary N) is 1. The Morgan fingerprint density at radius 2 is 2.23 bits per heavy atom. The molecule has 6 heteroatoms. The van der Waals surface area contributed by atoms with Gasteiger partial charge in [-0.2, -0.15) is 0 Å². The third kappa shape index (κ3) is 3.21. The van der Waals surface area contributed by atoms with Gasteiger partial charge >= 0.3 is 0 Å². The number of hydrogen-bond acceptors (Lipinski definition) is 5. The smallest absolute Gasteiger partial charge is 0.246 e. The quantitative estimate of drug-likeness (QED) is 0.487. The first-order valence-corrected chi connectivity index (χ1v) is 7.15. The molecule has 6 nitrogen and oxygen atoms in total. The van der Waals surface area contributed by atoms with Crippen molar-refractivity contribution in [3.8, 4) is 5.75 Å². The maximum absolute atomic E-state index is 12.1. The van der Waals surface area contributed by atoms with Crippen LogP contribution in [0.1, 0.15) is 23.7 Å². The number of nitrogens with two attached hydrogens (primary N) is 1. The van der Waals surface area contributed by atoms with Gasteiger partial charge in [0.2, 0.25) is 5.91 Å². The Kier molecular flexibility index (Phi) is 4.70. The fraction of sp³-hybridized carbons (Fsp3) is 0.375. The van der Waals surface area contributed by atoms with Crippen LogP contribution in [-0.4, -0.2) is 38.4 Å². The molecule has 1 aromatic carbocycles. The zero-order valence-corrected chi connectivity index (χ0v) is 12.9. The van der Waals surface area contributed by atoms with Gasteiger partial charge in [-0.25, -0.2) is 0 Å². The Hall–Kier alpha value is -2.50. The summed E-state index contributed by atoms with van der Waals surface area (Å²) in [7, 11) is 1.93. The molecule has 0 saturated carbocycles. The van der Waals surface area contributed by atoms with E-state index >= 15 is 0 Å². The van der Waals surface area contributed by atoms with Crippen molar-refractivity contribution in [3.05, 3.63) is 29.8 Å². The maximum atomic E-state index is 12.1. The largest absolute Gasteiger partial charge is 0.490 e. The highest BCUT2D eigenvalue weighted by atomic mass is 16.5. The molecule has 2 rings (SSSR count). The summed E-state index contributed by atoms with van der Waals surface area (Å²) in [6.07, 6.45) is 0.450. The second-order valence-electron chi connectivity index (χ2n) is 5.35. The van der Waals surface area contributed by atoms with Gasteiger partial charge in [-0.3, -0.25) is 9.59 Å². The number of anilines is 2. The van der Waals surface area contributed by atoms with E-state index in [2.05, 4.69) is 11.9 Å². The second kappa shape index (κ2) is 6.51. The minimum Gasteiger partial charge on any atom is -0.490 e. The number of amides is 1. The van der Waals surface area contributed by atoms with Crippen molar-refractivity contribution in [1.82, 2.24) is 5.32 Å². The molecule has 0 aromatic heterocycles. The van der Waals surface area contributed by atoms with E-state index in [0.29, 0.717) is 42.1 Å². The van der Waals surface area contributed by atoms with Gasteiger partial charge in [0, 0.05) is 31.3 Å². The minimum atomic E-state index is -0.209. The van der Waals surface area contributed by atoms with E-state index in [4.69, 9.17) is 10.5 Å². The number of Topliss-reactive ketones (excluding diaryl/α,β-unsaturated/α-hetero) is 1. The van der Waals surface area contributed by atoms with Crippen molar-refractivity contribution in [2.24, 2.45) is 0 Å². The molecule has 1 aromatic rings. The molecule has 0 saturated heterocycles. The Morgan fingerprint density at radius 1 is 1.50 bits per heavy atom. The summed E-state index contributed by atoms with van der Waals surface area (Å²) in [6, 6.07) is 3.59. The fourth-order valence-electron chi connectivity index (χ4n) is 2.32. The Bertz CT molecular complexity index is 625. The first-order chi connectivity index (χ1) is 10.4. The summed E-state index contributed by atoms with van der Waals surface area (Å²) in [4.78, 5) is 25.4. The van der Waals surface area contributed by atoms with Crippen LogP contribution in [0.2, 0.25) is 0 Å². The molecule has 0 radical (unpaired) electrons. The van der Waals surface area contributed by atoms with Crippen LogP contribution in [0, 0.1) is 0 Å². The zero-order valence-electron chi connectivity index (χ0n) is 12.9. The van der Waals surface area contributed by atoms with E-state index in [9.17, 15) is 9.59 Å². The highest BCUT2D eigenvalue weighted by molar-refractivity contribution is 6.08. The number of ether oxygens (including phenoxy) is 1. The first-order valence-electron chi connectivity index (χ1n) is 7.15. The van der Waals surface area contributed by atoms with Gasteiger partial charge in [-0.15, -0.1) is 0 Å². The topological polar surface area (TPSA) is 84.7 Å². The fourth-order valence-corrected chi connectivity index (χ4v) is 2.32. The van der Waals surface area contributed by atoms with Crippen LogP contribution in [0.3, 0.4) is 0 Å². The number of hydrogen-bond donors (Lipinski definition) is 2. The van der Waals surface area contributed by atoms with Crippen LogP contribution in [0.15, 0.2) is 24.3 Å². The summed E-state index contributed by atoms with van der Waals surface area (Å²) in [5.74, 6) is 0.289. The average Bonchev–Trinajstić information content (AvgIpc) is 2.48. The molecule has 0 spiro atoms. The van der Waals surface area contributed by atoms with Crippen molar-refractivity contribution in [2.45, 2.75) is 13.3 Å². The van der Waals surface area contributed by atoms with Crippen molar-refractivity contribution in [2.75, 3.05) is 37.4 Å². The van der Waals surface area contributed by atoms with Crippen LogP contribution in [-0.2, 0) is 4.79 Å². The lowest BCUT2D eigenvalue weighted by Gasteiger charge is -2.28. The first kappa shape index (κ1) is 15.9. The Labute approximate surface area is 129 Å². The lowest BCUT2D eigenvalue weighted by atomic mass is 9.98. The molecule has 0 unspecified atom stereocenters. The summed E-state index contributed by atoms with van der Waals surface area (Å²) in [5.41, 5.74) is 8.24. The van der Waals surface area contributed by atoms with E-state index in [0.717, 1.165) is 5.69 Å². The van der Waals surface area contributed by atoms with E-state index in [-0.39, 0.29) is 18.3 Å². The molecule has 1 aliphatic rings. The van der Waals surface area contributed by atoms with Gasteiger partial charge in [0.1, 0.15) is 12.4 Å². The second-order valence-corrected chi connectivity index (χ2v) is 5.35. The number of rotatable bonds is 5. The number of benzene rings is 1. The molecule has 1 aliphatic heterocycles. The van der Waals surface area contributed by atoms with E-state index < -0.39 is 0 Å². The number of carbonyl (C=O) groups excluding carboxylic acids is 2. The van der Waals surface area contributed by atoms with E-state index in [1.807, 2.05) is 18.0 Å². The lowest BCUT2D eigenvalue weighted by Crippen LogP contribution is -2.30. The summed E-state index contributed by atoms with van der Waals surface area (Å²) >= 11 is 0. The third-order valence-corrected chi connectivity index (χ3v) is 3.58. The Morgan fingerprint density at radius 3 is 2.91 bits per heavy atom. The SMILES string of the molecule is C=C(C)C(=O)NCCOc1ccc2c(c1N)C(=O)CCN2C. The standard InChI is InChI=1S/C16H21N3O3/c1-10(2)16(21)18-7-9-22-13-5-4-11-14(15(13)17)12(20)6-8-19(11)3/h4-5H,1,6-9,17H2,2-3H3,(H,18,21). The van der Waals surface area contributed by atoms with Gasteiger partial charge < -0.3 is 20.7 Å². The summed E-state index contributed by atoms with van der Waals surface area (Å²) < 4.78 is 5.58. The summed E-state index contributed by atoms with van der Waals surface area (Å²) in [6.45, 7) is 6.50. The van der Waals surface area contributed by atoms with E-state index in [1.54, 1.807) is 13.0 Å². The monoisotopic (exact) mass is 303 g/mol. The highest BCUT2D eigenvalue weighted by Gasteiger charge is 2.25. The predicted molar refractivity (Wildman–Crippen MR) is 86.4 cm³/mol. The van der Waals surface area contributed by atoms with Crippen molar-refractivity contribution in [1.29, 1.82) is 0 Å². The molecule has 118 valence electrons. The van der Waals surface area contributed by atoms with Gasteiger partial charge in [0.25, 0.3) is 0 Å². The molecule has 22 heavy (non-hydrogen) atoms. The molecular formula is C16H21N3O3. The van der Waals surface area contributed by atoms with Gasteiger partial charge in [0.05, 0.1) is 17.8 Å². The maximum Gasteiger partial charge on any atom is 0.246 e. The number of nitrogens with zero attached hydrogens (tertiary/aromatic N) is 1. The summed E-state index contributed by atoms with van der Waals surface area (Å²) in [5, 5.41) is 2.67. The molecule has 0 atom stereocenters. The molecular weight excluding hydrogens is 282 g/mol. The van der Waals surface area contributed by atoms with Gasteiger partial charge in [0.15, 0.2) is 5.78 Å². The van der Waals surface area contributed by atoms with Crippen molar-refractivity contribution < 1.29 is 14.3 Å². The van der Waals surface area contributed by atoms with Crippen LogP contribution < -0.4 is 20.7 Å². The lowest BCUT2D eigenvalue weighted by molar-refractivity contribution is -0.117. The number of carbonyl (C=O) groups is 2. The molecule has 3 N–H and O–H groups in total. The number of ketones is 1. The molecule has 0 bridgehead atoms. The van der Waals surface area contributed by atoms with Gasteiger partial charge in [-0.1, -0.05) is 6.58 Å². The van der Waals surface area contributed by atoms with Crippen LogP contribution in [0.5, 0.6) is 5.75 Å². The number of fused-ring (bicyclic) bond motifs is 1. The molecule has 0 aliphatic carbocycles. The predicted octanol–water partition coefficient (Wildman–Crippen LogP) is 1.36. The normalized spacial score (nSPS) is 13.5. The Balaban J connectivity index is 2.04. The molecule has 1 amide bonds.